The molecule has 2 aromatic rings. The number of unbranched alkanes of at least 4 members (excludes halogenated alkanes) is 1. The number of nitrogens with zero attached hydrogens (tertiary/aromatic N) is 3. The molecule has 3 N–H and O–H groups in total. The van der Waals surface area contributed by atoms with Crippen molar-refractivity contribution in [1.82, 2.24) is 13.9 Å². The number of nitrogens with one attached hydrogen (secondary N) is 1. The van der Waals surface area contributed by atoms with E-state index in [1.807, 2.05) is 20.8 Å². The Balaban J connectivity index is 1.90. The van der Waals surface area contributed by atoms with Crippen LogP contribution in [0, 0.1) is 5.92 Å². The van der Waals surface area contributed by atoms with Crippen LogP contribution in [0.4, 0.5) is 11.5 Å². The van der Waals surface area contributed by atoms with Crippen LogP contribution in [0.25, 0.3) is 0 Å². The first kappa shape index (κ1) is 27.1. The maximum absolute atomic E-state index is 13.4. The third kappa shape index (κ3) is 6.21. The van der Waals surface area contributed by atoms with Crippen LogP contribution in [0.2, 0.25) is 0 Å². The molecule has 1 fully saturated rings. The molecule has 0 spiro atoms. The monoisotopic (exact) mass is 527 g/mol. The summed E-state index contributed by atoms with van der Waals surface area (Å²) in [7, 11) is -3.67. The highest BCUT2D eigenvalue weighted by atomic mass is 32.2. The van der Waals surface area contributed by atoms with Crippen LogP contribution in [-0.4, -0.2) is 61.0 Å². The van der Waals surface area contributed by atoms with Gasteiger partial charge in [-0.3, -0.25) is 19.1 Å². The molecule has 11 nitrogen and oxygen atoms in total. The molecule has 0 aliphatic carbocycles. The van der Waals surface area contributed by atoms with Gasteiger partial charge in [-0.15, -0.1) is 11.3 Å². The van der Waals surface area contributed by atoms with Gasteiger partial charge in [-0.25, -0.2) is 13.2 Å². The number of hydrogen-bond acceptors (Lipinski definition) is 8. The van der Waals surface area contributed by atoms with E-state index in [0.717, 1.165) is 17.8 Å². The topological polar surface area (TPSA) is 148 Å². The van der Waals surface area contributed by atoms with Crippen molar-refractivity contribution in [2.45, 2.75) is 50.8 Å². The quantitative estimate of drug-likeness (QED) is 0.472. The number of aromatic amines is 1. The van der Waals surface area contributed by atoms with Gasteiger partial charge in [0, 0.05) is 31.1 Å². The van der Waals surface area contributed by atoms with Gasteiger partial charge in [0.1, 0.15) is 10.0 Å². The molecule has 3 rings (SSSR count). The number of hydrogen-bond donors (Lipinski definition) is 2. The highest BCUT2D eigenvalue weighted by Gasteiger charge is 2.29. The molecule has 0 radical (unpaired) electrons. The van der Waals surface area contributed by atoms with Gasteiger partial charge in [0.15, 0.2) is 5.69 Å². The number of morpholine rings is 1. The molecule has 1 aliphatic heterocycles. The van der Waals surface area contributed by atoms with Gasteiger partial charge in [-0.05, 0) is 24.5 Å². The number of carbonyl (C=O) groups excluding carboxylic acids is 1. The molecule has 2 aromatic heterocycles. The minimum Gasteiger partial charge on any atom is -0.383 e. The van der Waals surface area contributed by atoms with Crippen molar-refractivity contribution >= 4 is 38.8 Å². The first-order valence-electron chi connectivity index (χ1n) is 11.7. The Hall–Kier alpha value is -2.48. The van der Waals surface area contributed by atoms with Crippen LogP contribution < -0.4 is 21.9 Å². The number of rotatable bonds is 10. The Morgan fingerprint density at radius 1 is 1.26 bits per heavy atom. The second kappa shape index (κ2) is 11.5. The molecule has 1 amide bonds. The van der Waals surface area contributed by atoms with E-state index in [2.05, 4.69) is 4.98 Å². The number of nitrogen functional groups attached to an aromatic ring is 1. The van der Waals surface area contributed by atoms with E-state index >= 15 is 0 Å². The standard InChI is InChI=1S/C22H33N5O6S2/c1-4-5-8-26(19-20(23)27(14-15(2)3)22(30)24-21(19)29)17(28)13-16-6-7-18(34-16)35(31,32)25-9-11-33-12-10-25/h6-7,15H,4-5,8-14,23H2,1-3H3,(H,24,29,30). The number of aromatic nitrogens is 2. The predicted octanol–water partition coefficient (Wildman–Crippen LogP) is 1.23. The number of sulfonamides is 1. The third-order valence-corrected chi connectivity index (χ3v) is 9.05. The molecule has 1 aliphatic rings. The Labute approximate surface area is 208 Å². The van der Waals surface area contributed by atoms with Gasteiger partial charge in [0.2, 0.25) is 5.91 Å². The van der Waals surface area contributed by atoms with Crippen molar-refractivity contribution in [2.24, 2.45) is 5.92 Å². The van der Waals surface area contributed by atoms with Crippen molar-refractivity contribution in [1.29, 1.82) is 0 Å². The second-order valence-electron chi connectivity index (χ2n) is 8.81. The first-order chi connectivity index (χ1) is 16.6. The Morgan fingerprint density at radius 3 is 2.57 bits per heavy atom. The van der Waals surface area contributed by atoms with Crippen LogP contribution >= 0.6 is 11.3 Å². The number of nitrogens with two attached hydrogens (primary N) is 1. The van der Waals surface area contributed by atoms with Crippen LogP contribution in [0.5, 0.6) is 0 Å². The molecule has 0 atom stereocenters. The lowest BCUT2D eigenvalue weighted by Gasteiger charge is -2.25. The molecule has 35 heavy (non-hydrogen) atoms. The molecule has 194 valence electrons. The lowest BCUT2D eigenvalue weighted by atomic mass is 10.2. The molecule has 0 bridgehead atoms. The maximum atomic E-state index is 13.4. The van der Waals surface area contributed by atoms with E-state index < -0.39 is 27.2 Å². The van der Waals surface area contributed by atoms with Crippen molar-refractivity contribution < 1.29 is 17.9 Å². The number of thiophene rings is 1. The van der Waals surface area contributed by atoms with Gasteiger partial charge < -0.3 is 15.4 Å². The number of carbonyl (C=O) groups is 1. The fraction of sp³-hybridized carbons (Fsp3) is 0.591. The van der Waals surface area contributed by atoms with Gasteiger partial charge in [-0.2, -0.15) is 4.31 Å². The maximum Gasteiger partial charge on any atom is 0.330 e. The smallest absolute Gasteiger partial charge is 0.330 e. The fourth-order valence-electron chi connectivity index (χ4n) is 3.81. The summed E-state index contributed by atoms with van der Waals surface area (Å²) < 4.78 is 33.9. The normalized spacial score (nSPS) is 15.0. The zero-order valence-corrected chi connectivity index (χ0v) is 21.9. The van der Waals surface area contributed by atoms with E-state index in [-0.39, 0.29) is 54.2 Å². The minimum absolute atomic E-state index is 0.0542. The Morgan fingerprint density at radius 2 is 1.94 bits per heavy atom. The zero-order chi connectivity index (χ0) is 25.8. The lowest BCUT2D eigenvalue weighted by molar-refractivity contribution is -0.118. The van der Waals surface area contributed by atoms with E-state index in [1.165, 1.54) is 19.8 Å². The summed E-state index contributed by atoms with van der Waals surface area (Å²) in [4.78, 5) is 42.6. The number of anilines is 2. The van der Waals surface area contributed by atoms with Crippen LogP contribution in [0.1, 0.15) is 38.5 Å². The number of H-pyrrole nitrogens is 1. The summed E-state index contributed by atoms with van der Waals surface area (Å²) in [6.07, 6.45) is 1.29. The predicted molar refractivity (Wildman–Crippen MR) is 135 cm³/mol. The summed E-state index contributed by atoms with van der Waals surface area (Å²) in [5, 5.41) is 0. The minimum atomic E-state index is -3.67. The van der Waals surface area contributed by atoms with Gasteiger partial charge in [-0.1, -0.05) is 27.2 Å². The summed E-state index contributed by atoms with van der Waals surface area (Å²) in [6, 6.07) is 3.11. The van der Waals surface area contributed by atoms with E-state index in [4.69, 9.17) is 10.5 Å². The largest absolute Gasteiger partial charge is 0.383 e. The highest BCUT2D eigenvalue weighted by molar-refractivity contribution is 7.91. The Kier molecular flexibility index (Phi) is 8.91. The number of ether oxygens (including phenoxy) is 1. The van der Waals surface area contributed by atoms with E-state index in [1.54, 1.807) is 6.07 Å². The first-order valence-corrected chi connectivity index (χ1v) is 13.9. The van der Waals surface area contributed by atoms with Gasteiger partial charge in [0.05, 0.1) is 19.6 Å². The lowest BCUT2D eigenvalue weighted by Crippen LogP contribution is -2.42. The molecule has 0 unspecified atom stereocenters. The van der Waals surface area contributed by atoms with Crippen LogP contribution in [0.3, 0.4) is 0 Å². The summed E-state index contributed by atoms with van der Waals surface area (Å²) in [6.45, 7) is 7.57. The van der Waals surface area contributed by atoms with Crippen molar-refractivity contribution in [3.63, 3.8) is 0 Å². The van der Waals surface area contributed by atoms with Gasteiger partial charge in [0.25, 0.3) is 15.6 Å². The summed E-state index contributed by atoms with van der Waals surface area (Å²) in [5.41, 5.74) is 4.84. The van der Waals surface area contributed by atoms with Crippen molar-refractivity contribution in [3.05, 3.63) is 37.8 Å². The second-order valence-corrected chi connectivity index (χ2v) is 12.1. The zero-order valence-electron chi connectivity index (χ0n) is 20.3. The molecule has 13 heteroatoms. The van der Waals surface area contributed by atoms with Crippen LogP contribution in [0.15, 0.2) is 25.9 Å². The summed E-state index contributed by atoms with van der Waals surface area (Å²) in [5.74, 6) is -0.368. The van der Waals surface area contributed by atoms with Crippen molar-refractivity contribution in [3.8, 4) is 0 Å². The molecule has 0 saturated carbocycles. The molecule has 0 aromatic carbocycles. The molecule has 3 heterocycles. The third-order valence-electron chi connectivity index (χ3n) is 5.59. The van der Waals surface area contributed by atoms with E-state index in [0.29, 0.717) is 24.5 Å². The summed E-state index contributed by atoms with van der Waals surface area (Å²) >= 11 is 1.03. The average molecular weight is 528 g/mol. The molecular formula is C22H33N5O6S2. The fourth-order valence-corrected chi connectivity index (χ4v) is 6.72. The highest BCUT2D eigenvalue weighted by Crippen LogP contribution is 2.27. The molecular weight excluding hydrogens is 494 g/mol. The average Bonchev–Trinajstić information content (AvgIpc) is 3.28. The van der Waals surface area contributed by atoms with Crippen LogP contribution in [-0.2, 0) is 32.5 Å². The molecule has 1 saturated heterocycles. The van der Waals surface area contributed by atoms with Gasteiger partial charge >= 0.3 is 5.69 Å². The Bertz CT molecular complexity index is 1260. The van der Waals surface area contributed by atoms with Crippen molar-refractivity contribution in [2.75, 3.05) is 43.5 Å². The number of amides is 1. The van der Waals surface area contributed by atoms with E-state index in [9.17, 15) is 22.8 Å². The SMILES string of the molecule is CCCCN(C(=O)Cc1ccc(S(=O)(=O)N2CCOCC2)s1)c1c(N)n(CC(C)C)c(=O)[nH]c1=O.